The topological polar surface area (TPSA) is 88.0 Å². The average Bonchev–Trinajstić information content (AvgIpc) is 2.92. The van der Waals surface area contributed by atoms with E-state index in [-0.39, 0.29) is 24.0 Å². The van der Waals surface area contributed by atoms with E-state index in [4.69, 9.17) is 0 Å². The summed E-state index contributed by atoms with van der Waals surface area (Å²) in [7, 11) is 0. The number of anilines is 1. The highest BCUT2D eigenvalue weighted by molar-refractivity contribution is 5.96. The standard InChI is InChI=1S/C20H29N5O2/c1-12(2)22-19(26)17-7-8-18(13(3)9-17)23-20(27)21-11-16(6)25-15(5)10-14(4)24-25/h7-10,12,16H,11H2,1-6H3,(H,22,26)(H2,21,23,27). The molecule has 7 nitrogen and oxygen atoms in total. The third-order valence-corrected chi connectivity index (χ3v) is 4.18. The van der Waals surface area contributed by atoms with E-state index in [2.05, 4.69) is 21.0 Å². The zero-order valence-electron chi connectivity index (χ0n) is 16.9. The Morgan fingerprint density at radius 2 is 1.81 bits per heavy atom. The van der Waals surface area contributed by atoms with Gasteiger partial charge in [0.25, 0.3) is 5.91 Å². The molecule has 3 amide bonds. The first-order valence-electron chi connectivity index (χ1n) is 9.16. The molecule has 1 unspecified atom stereocenters. The van der Waals surface area contributed by atoms with Crippen LogP contribution in [-0.4, -0.2) is 34.3 Å². The number of rotatable bonds is 6. The molecule has 0 saturated heterocycles. The van der Waals surface area contributed by atoms with Gasteiger partial charge in [-0.15, -0.1) is 0 Å². The second-order valence-electron chi connectivity index (χ2n) is 7.21. The van der Waals surface area contributed by atoms with E-state index < -0.39 is 0 Å². The van der Waals surface area contributed by atoms with E-state index in [1.165, 1.54) is 0 Å². The highest BCUT2D eigenvalue weighted by Gasteiger charge is 2.13. The summed E-state index contributed by atoms with van der Waals surface area (Å²) in [6.45, 7) is 12.1. The monoisotopic (exact) mass is 371 g/mol. The molecule has 0 bridgehead atoms. The first-order valence-corrected chi connectivity index (χ1v) is 9.16. The van der Waals surface area contributed by atoms with E-state index >= 15 is 0 Å². The largest absolute Gasteiger partial charge is 0.350 e. The summed E-state index contributed by atoms with van der Waals surface area (Å²) in [5.74, 6) is -0.122. The van der Waals surface area contributed by atoms with Gasteiger partial charge in [-0.1, -0.05) is 0 Å². The lowest BCUT2D eigenvalue weighted by atomic mass is 10.1. The molecule has 2 rings (SSSR count). The molecule has 0 aliphatic carbocycles. The minimum Gasteiger partial charge on any atom is -0.350 e. The summed E-state index contributed by atoms with van der Waals surface area (Å²) < 4.78 is 1.91. The highest BCUT2D eigenvalue weighted by Crippen LogP contribution is 2.17. The number of hydrogen-bond donors (Lipinski definition) is 3. The van der Waals surface area contributed by atoms with Crippen LogP contribution in [-0.2, 0) is 0 Å². The minimum absolute atomic E-state index is 0.0488. The summed E-state index contributed by atoms with van der Waals surface area (Å²) in [5.41, 5.74) is 4.10. The Morgan fingerprint density at radius 3 is 2.37 bits per heavy atom. The lowest BCUT2D eigenvalue weighted by Crippen LogP contribution is -2.34. The van der Waals surface area contributed by atoms with Gasteiger partial charge in [-0.3, -0.25) is 9.48 Å². The number of urea groups is 1. The van der Waals surface area contributed by atoms with Gasteiger partial charge in [0.1, 0.15) is 0 Å². The van der Waals surface area contributed by atoms with Crippen molar-refractivity contribution in [3.05, 3.63) is 46.8 Å². The van der Waals surface area contributed by atoms with Crippen molar-refractivity contribution >= 4 is 17.6 Å². The molecule has 0 radical (unpaired) electrons. The van der Waals surface area contributed by atoms with E-state index in [9.17, 15) is 9.59 Å². The van der Waals surface area contributed by atoms with Crippen LogP contribution in [0, 0.1) is 20.8 Å². The maximum atomic E-state index is 12.2. The highest BCUT2D eigenvalue weighted by atomic mass is 16.2. The molecule has 0 aliphatic heterocycles. The Hall–Kier alpha value is -2.83. The van der Waals surface area contributed by atoms with Crippen LogP contribution in [0.5, 0.6) is 0 Å². The molecule has 1 aromatic carbocycles. The number of amides is 3. The van der Waals surface area contributed by atoms with Crippen LogP contribution in [0.25, 0.3) is 0 Å². The van der Waals surface area contributed by atoms with E-state index in [0.29, 0.717) is 17.8 Å². The lowest BCUT2D eigenvalue weighted by Gasteiger charge is -2.16. The van der Waals surface area contributed by atoms with Crippen LogP contribution < -0.4 is 16.0 Å². The number of benzene rings is 1. The fraction of sp³-hybridized carbons (Fsp3) is 0.450. The molecule has 146 valence electrons. The van der Waals surface area contributed by atoms with Gasteiger partial charge >= 0.3 is 6.03 Å². The van der Waals surface area contributed by atoms with E-state index in [0.717, 1.165) is 17.0 Å². The Kier molecular flexibility index (Phi) is 6.60. The molecule has 2 aromatic rings. The van der Waals surface area contributed by atoms with Crippen LogP contribution in [0.2, 0.25) is 0 Å². The molecule has 27 heavy (non-hydrogen) atoms. The van der Waals surface area contributed by atoms with Gasteiger partial charge in [0, 0.05) is 29.5 Å². The van der Waals surface area contributed by atoms with Gasteiger partial charge in [-0.25, -0.2) is 4.79 Å². The smallest absolute Gasteiger partial charge is 0.319 e. The molecule has 0 saturated carbocycles. The van der Waals surface area contributed by atoms with Crippen LogP contribution >= 0.6 is 0 Å². The fourth-order valence-corrected chi connectivity index (χ4v) is 2.88. The molecule has 1 atom stereocenters. The van der Waals surface area contributed by atoms with E-state index in [1.54, 1.807) is 18.2 Å². The fourth-order valence-electron chi connectivity index (χ4n) is 2.88. The van der Waals surface area contributed by atoms with Gasteiger partial charge in [-0.2, -0.15) is 5.10 Å². The zero-order valence-corrected chi connectivity index (χ0v) is 16.9. The normalized spacial score (nSPS) is 12.0. The number of carbonyl (C=O) groups is 2. The molecule has 7 heteroatoms. The third-order valence-electron chi connectivity index (χ3n) is 4.18. The first kappa shape index (κ1) is 20.5. The molecule has 0 aliphatic rings. The number of nitrogens with zero attached hydrogens (tertiary/aromatic N) is 2. The maximum Gasteiger partial charge on any atom is 0.319 e. The van der Waals surface area contributed by atoms with Crippen molar-refractivity contribution < 1.29 is 9.59 Å². The average molecular weight is 371 g/mol. The Balaban J connectivity index is 1.93. The van der Waals surface area contributed by atoms with Crippen LogP contribution in [0.4, 0.5) is 10.5 Å². The van der Waals surface area contributed by atoms with Crippen molar-refractivity contribution in [3.8, 4) is 0 Å². The Bertz CT molecular complexity index is 826. The van der Waals surface area contributed by atoms with Crippen molar-refractivity contribution in [2.24, 2.45) is 0 Å². The molecule has 1 heterocycles. The second-order valence-corrected chi connectivity index (χ2v) is 7.21. The maximum absolute atomic E-state index is 12.2. The van der Waals surface area contributed by atoms with Crippen LogP contribution in [0.1, 0.15) is 54.1 Å². The van der Waals surface area contributed by atoms with Gasteiger partial charge in [-0.05, 0) is 71.4 Å². The van der Waals surface area contributed by atoms with Gasteiger partial charge in [0.15, 0.2) is 0 Å². The quantitative estimate of drug-likeness (QED) is 0.728. The molecular weight excluding hydrogens is 342 g/mol. The van der Waals surface area contributed by atoms with Crippen LogP contribution in [0.15, 0.2) is 24.3 Å². The van der Waals surface area contributed by atoms with Gasteiger partial charge < -0.3 is 16.0 Å². The SMILES string of the molecule is Cc1cc(C)n(C(C)CNC(=O)Nc2ccc(C(=O)NC(C)C)cc2C)n1. The number of hydrogen-bond acceptors (Lipinski definition) is 3. The summed E-state index contributed by atoms with van der Waals surface area (Å²) in [4.78, 5) is 24.3. The predicted octanol–water partition coefficient (Wildman–Crippen LogP) is 3.33. The molecule has 0 spiro atoms. The van der Waals surface area contributed by atoms with E-state index in [1.807, 2.05) is 52.3 Å². The number of nitrogens with one attached hydrogen (secondary N) is 3. The summed E-state index contributed by atoms with van der Waals surface area (Å²) in [6, 6.07) is 7.07. The first-order chi connectivity index (χ1) is 12.7. The summed E-state index contributed by atoms with van der Waals surface area (Å²) in [6.07, 6.45) is 0. The zero-order chi connectivity index (χ0) is 20.1. The predicted molar refractivity (Wildman–Crippen MR) is 107 cm³/mol. The van der Waals surface area contributed by atoms with Crippen LogP contribution in [0.3, 0.4) is 0 Å². The Morgan fingerprint density at radius 1 is 1.11 bits per heavy atom. The van der Waals surface area contributed by atoms with Crippen molar-refractivity contribution in [2.45, 2.75) is 53.6 Å². The second kappa shape index (κ2) is 8.70. The van der Waals surface area contributed by atoms with Crippen molar-refractivity contribution in [1.29, 1.82) is 0 Å². The van der Waals surface area contributed by atoms with Crippen molar-refractivity contribution in [1.82, 2.24) is 20.4 Å². The van der Waals surface area contributed by atoms with Crippen molar-refractivity contribution in [3.63, 3.8) is 0 Å². The Labute approximate surface area is 160 Å². The van der Waals surface area contributed by atoms with Gasteiger partial charge in [0.05, 0.1) is 11.7 Å². The van der Waals surface area contributed by atoms with Gasteiger partial charge in [0.2, 0.25) is 0 Å². The molecule has 1 aromatic heterocycles. The summed E-state index contributed by atoms with van der Waals surface area (Å²) in [5, 5.41) is 13.0. The molecular formula is C20H29N5O2. The number of aromatic nitrogens is 2. The lowest BCUT2D eigenvalue weighted by molar-refractivity contribution is 0.0943. The summed E-state index contributed by atoms with van der Waals surface area (Å²) >= 11 is 0. The molecule has 3 N–H and O–H groups in total. The molecule has 0 fully saturated rings. The number of aryl methyl sites for hydroxylation is 3. The number of carbonyl (C=O) groups excluding carboxylic acids is 2. The minimum atomic E-state index is -0.286. The third kappa shape index (κ3) is 5.57. The van der Waals surface area contributed by atoms with Crippen molar-refractivity contribution in [2.75, 3.05) is 11.9 Å².